The molecule has 7 nitrogen and oxygen atoms in total. The molecule has 3 fully saturated rings. The number of hydrogen-bond donors (Lipinski definition) is 3. The first-order valence-corrected chi connectivity index (χ1v) is 27.4. The first-order chi connectivity index (χ1) is 28.4. The second kappa shape index (κ2) is 24.3. The summed E-state index contributed by atoms with van der Waals surface area (Å²) in [4.78, 5) is 25.8. The Morgan fingerprint density at radius 1 is 0.850 bits per heavy atom. The molecule has 4 aliphatic rings. The highest BCUT2D eigenvalue weighted by molar-refractivity contribution is 8.76. The molecule has 348 valence electrons. The van der Waals surface area contributed by atoms with Gasteiger partial charge >= 0.3 is 12.2 Å². The van der Waals surface area contributed by atoms with Gasteiger partial charge in [0.25, 0.3) is 0 Å². The Morgan fingerprint density at radius 3 is 2.25 bits per heavy atom. The lowest BCUT2D eigenvalue weighted by atomic mass is 9.47. The van der Waals surface area contributed by atoms with Crippen molar-refractivity contribution >= 4 is 33.8 Å². The van der Waals surface area contributed by atoms with E-state index in [1.54, 1.807) is 0 Å². The molecule has 0 radical (unpaired) electrons. The van der Waals surface area contributed by atoms with E-state index < -0.39 is 11.7 Å². The molecule has 3 N–H and O–H groups in total. The van der Waals surface area contributed by atoms with Gasteiger partial charge in [0, 0.05) is 29.6 Å². The Hall–Kier alpha value is -1.06. The van der Waals surface area contributed by atoms with Crippen LogP contribution in [0.1, 0.15) is 198 Å². The van der Waals surface area contributed by atoms with Gasteiger partial charge in [-0.1, -0.05) is 113 Å². The quantitative estimate of drug-likeness (QED) is 0.0478. The summed E-state index contributed by atoms with van der Waals surface area (Å²) in [6.07, 6.45) is 25.8. The van der Waals surface area contributed by atoms with Crippen molar-refractivity contribution < 1.29 is 19.4 Å². The summed E-state index contributed by atoms with van der Waals surface area (Å²) in [6, 6.07) is 0.0757. The van der Waals surface area contributed by atoms with Crippen LogP contribution < -0.4 is 10.6 Å². The van der Waals surface area contributed by atoms with E-state index in [0.717, 1.165) is 85.6 Å². The van der Waals surface area contributed by atoms with E-state index in [0.29, 0.717) is 10.8 Å². The van der Waals surface area contributed by atoms with Crippen molar-refractivity contribution in [3.05, 3.63) is 11.6 Å². The lowest BCUT2D eigenvalue weighted by molar-refractivity contribution is -0.0500. The Kier molecular flexibility index (Phi) is 20.9. The Labute approximate surface area is 377 Å². The molecule has 0 spiro atoms. The van der Waals surface area contributed by atoms with E-state index in [-0.39, 0.29) is 18.2 Å². The Morgan fingerprint density at radius 2 is 1.55 bits per heavy atom. The minimum absolute atomic E-state index is 0.0392. The van der Waals surface area contributed by atoms with Gasteiger partial charge in [-0.3, -0.25) is 0 Å². The molecule has 0 saturated heterocycles. The zero-order valence-electron chi connectivity index (χ0n) is 40.5. The minimum atomic E-state index is -0.934. The molecule has 0 bridgehead atoms. The fourth-order valence-electron chi connectivity index (χ4n) is 12.8. The number of alkyl carbamates (subject to hydrolysis) is 1. The normalized spacial score (nSPS) is 29.8. The number of nitrogens with zero attached hydrogens (tertiary/aromatic N) is 1. The smallest absolute Gasteiger partial charge is 0.407 e. The van der Waals surface area contributed by atoms with E-state index in [2.05, 4.69) is 91.7 Å². The van der Waals surface area contributed by atoms with Crippen LogP contribution in [0.3, 0.4) is 0 Å². The standard InChI is InChI=1S/C51H93N3O4S2/c1-12-40(36(2)3)21-20-37(4)44-24-25-45-43-23-22-41-35-42(26-29-50(41,10)46(43)27-30-51(44,45)11)60-59-34-18-32-54(33-28-39(6)52-47(55)56)31-17-15-13-14-16-19-38(5)53-48(57)58-49(7,8)9/h22,36-40,42-46,52H,12-21,23-35H2,1-11H3,(H,53,57)(H,55,56)/t37-,38?,39?,40-,42+,43+,44-,45+,46+,50+,51-/m1/s1. The van der Waals surface area contributed by atoms with Crippen LogP contribution >= 0.6 is 21.6 Å². The number of allylic oxidation sites excluding steroid dienone is 2. The number of amides is 2. The van der Waals surface area contributed by atoms with E-state index in [9.17, 15) is 14.7 Å². The predicted molar refractivity (Wildman–Crippen MR) is 259 cm³/mol. The summed E-state index contributed by atoms with van der Waals surface area (Å²) in [7, 11) is 4.28. The molecule has 2 unspecified atom stereocenters. The Balaban J connectivity index is 1.17. The number of rotatable bonds is 25. The first kappa shape index (κ1) is 51.6. The molecular formula is C51H93N3O4S2. The molecule has 4 aliphatic carbocycles. The van der Waals surface area contributed by atoms with E-state index in [1.165, 1.54) is 108 Å². The number of ether oxygens (including phenoxy) is 1. The third-order valence-electron chi connectivity index (χ3n) is 16.3. The van der Waals surface area contributed by atoms with Gasteiger partial charge in [0.05, 0.1) is 0 Å². The van der Waals surface area contributed by atoms with Gasteiger partial charge in [0.2, 0.25) is 0 Å². The average molecular weight is 876 g/mol. The van der Waals surface area contributed by atoms with Crippen LogP contribution in [0.5, 0.6) is 0 Å². The highest BCUT2D eigenvalue weighted by atomic mass is 33.1. The van der Waals surface area contributed by atoms with Crippen LogP contribution in [0.2, 0.25) is 0 Å². The van der Waals surface area contributed by atoms with Gasteiger partial charge in [-0.25, -0.2) is 9.59 Å². The molecule has 11 atom stereocenters. The van der Waals surface area contributed by atoms with Gasteiger partial charge in [-0.05, 0) is 183 Å². The summed E-state index contributed by atoms with van der Waals surface area (Å²) in [5.74, 6) is 7.40. The fourth-order valence-corrected chi connectivity index (χ4v) is 15.5. The highest BCUT2D eigenvalue weighted by Gasteiger charge is 2.59. The maximum absolute atomic E-state index is 12.1. The lowest BCUT2D eigenvalue weighted by Crippen LogP contribution is -2.50. The van der Waals surface area contributed by atoms with Crippen LogP contribution in [0.15, 0.2) is 11.6 Å². The summed E-state index contributed by atoms with van der Waals surface area (Å²) in [5, 5.41) is 15.5. The summed E-state index contributed by atoms with van der Waals surface area (Å²) in [6.45, 7) is 28.1. The zero-order chi connectivity index (χ0) is 44.1. The van der Waals surface area contributed by atoms with Crippen molar-refractivity contribution in [2.24, 2.45) is 52.3 Å². The second-order valence-electron chi connectivity index (χ2n) is 22.2. The molecule has 4 rings (SSSR count). The summed E-state index contributed by atoms with van der Waals surface area (Å²) < 4.78 is 5.39. The molecule has 0 aliphatic heterocycles. The largest absolute Gasteiger partial charge is 0.465 e. The zero-order valence-corrected chi connectivity index (χ0v) is 42.2. The van der Waals surface area contributed by atoms with Gasteiger partial charge in [0.1, 0.15) is 5.60 Å². The van der Waals surface area contributed by atoms with Crippen LogP contribution in [0, 0.1) is 52.3 Å². The molecule has 0 aromatic heterocycles. The molecule has 9 heteroatoms. The lowest BCUT2D eigenvalue weighted by Gasteiger charge is -2.58. The minimum Gasteiger partial charge on any atom is -0.465 e. The summed E-state index contributed by atoms with van der Waals surface area (Å²) >= 11 is 0. The predicted octanol–water partition coefficient (Wildman–Crippen LogP) is 14.4. The van der Waals surface area contributed by atoms with Gasteiger partial charge in [0.15, 0.2) is 0 Å². The molecule has 0 aromatic carbocycles. The van der Waals surface area contributed by atoms with Crippen LogP contribution in [0.4, 0.5) is 9.59 Å². The van der Waals surface area contributed by atoms with E-state index >= 15 is 0 Å². The van der Waals surface area contributed by atoms with Crippen molar-refractivity contribution in [3.8, 4) is 0 Å². The van der Waals surface area contributed by atoms with Crippen LogP contribution in [-0.4, -0.2) is 70.5 Å². The third kappa shape index (κ3) is 15.3. The maximum atomic E-state index is 12.1. The number of fused-ring (bicyclic) bond motifs is 5. The monoisotopic (exact) mass is 876 g/mol. The summed E-state index contributed by atoms with van der Waals surface area (Å²) in [5.41, 5.74) is 2.32. The van der Waals surface area contributed by atoms with Crippen molar-refractivity contribution in [3.63, 3.8) is 0 Å². The first-order valence-electron chi connectivity index (χ1n) is 25.0. The second-order valence-corrected chi connectivity index (χ2v) is 25.0. The Bertz CT molecular complexity index is 1340. The number of unbranched alkanes of at least 4 members (excludes halogenated alkanes) is 4. The van der Waals surface area contributed by atoms with Crippen LogP contribution in [0.25, 0.3) is 0 Å². The van der Waals surface area contributed by atoms with Gasteiger partial charge in [-0.2, -0.15) is 0 Å². The molecular weight excluding hydrogens is 783 g/mol. The fraction of sp³-hybridized carbons (Fsp3) is 0.922. The van der Waals surface area contributed by atoms with Gasteiger partial charge < -0.3 is 25.4 Å². The van der Waals surface area contributed by atoms with Crippen LogP contribution in [-0.2, 0) is 4.74 Å². The van der Waals surface area contributed by atoms with E-state index in [1.807, 2.05) is 33.3 Å². The van der Waals surface area contributed by atoms with Crippen molar-refractivity contribution in [2.75, 3.05) is 25.4 Å². The van der Waals surface area contributed by atoms with Crippen molar-refractivity contribution in [2.45, 2.75) is 221 Å². The third-order valence-corrected chi connectivity index (χ3v) is 19.3. The van der Waals surface area contributed by atoms with Crippen molar-refractivity contribution in [1.82, 2.24) is 15.5 Å². The molecule has 3 saturated carbocycles. The molecule has 0 aromatic rings. The molecule has 0 heterocycles. The topological polar surface area (TPSA) is 90.9 Å². The van der Waals surface area contributed by atoms with Crippen molar-refractivity contribution in [1.29, 1.82) is 0 Å². The number of carboxylic acid groups (broad SMARTS) is 1. The highest BCUT2D eigenvalue weighted by Crippen LogP contribution is 2.68. The average Bonchev–Trinajstić information content (AvgIpc) is 3.52. The maximum Gasteiger partial charge on any atom is 0.407 e. The number of nitrogens with one attached hydrogen (secondary N) is 2. The van der Waals surface area contributed by atoms with Gasteiger partial charge in [-0.15, -0.1) is 0 Å². The van der Waals surface area contributed by atoms with E-state index in [4.69, 9.17) is 4.74 Å². The number of carbonyl (C=O) groups excluding carboxylic acids is 1. The molecule has 60 heavy (non-hydrogen) atoms. The molecule has 2 amide bonds. The SMILES string of the molecule is CC[C@H](CC[C@@H](C)[C@H]1CC[C@H]2[C@@H]3CC=C4C[C@@H](SSCCCN(CCCCCCCC(C)NC(=O)OC(C)(C)C)CCC(C)NC(=O)O)CC[C@]4(C)[C@H]3CC[C@]12C)C(C)C. The number of carbonyl (C=O) groups is 2. The number of hydrogen-bond acceptors (Lipinski definition) is 6.